The molecule has 1 aromatic rings. The van der Waals surface area contributed by atoms with Gasteiger partial charge >= 0.3 is 0 Å². The monoisotopic (exact) mass is 266 g/mol. The van der Waals surface area contributed by atoms with Crippen LogP contribution in [0.2, 0.25) is 0 Å². The van der Waals surface area contributed by atoms with Crippen molar-refractivity contribution in [2.24, 2.45) is 0 Å². The second-order valence-electron chi connectivity index (χ2n) is 4.14. The van der Waals surface area contributed by atoms with E-state index in [1.54, 1.807) is 19.2 Å². The Morgan fingerprint density at radius 3 is 2.56 bits per heavy atom. The summed E-state index contributed by atoms with van der Waals surface area (Å²) in [4.78, 5) is 0.0894. The van der Waals surface area contributed by atoms with E-state index in [4.69, 9.17) is 5.26 Å². The molecular weight excluding hydrogens is 248 g/mol. The van der Waals surface area contributed by atoms with Gasteiger partial charge in [0.05, 0.1) is 10.5 Å². The van der Waals surface area contributed by atoms with Crippen LogP contribution in [0.5, 0.6) is 0 Å². The number of nitriles is 1. The third-order valence-electron chi connectivity index (χ3n) is 2.77. The van der Waals surface area contributed by atoms with E-state index in [0.29, 0.717) is 6.54 Å². The minimum atomic E-state index is -3.55. The van der Waals surface area contributed by atoms with E-state index >= 15 is 0 Å². The van der Waals surface area contributed by atoms with Gasteiger partial charge in [0.2, 0.25) is 10.0 Å². The Hall–Kier alpha value is -1.38. The Balaban J connectivity index is 2.96. The quantitative estimate of drug-likeness (QED) is 0.743. The molecule has 0 spiro atoms. The van der Waals surface area contributed by atoms with Crippen LogP contribution in [0.25, 0.3) is 0 Å². The molecule has 0 aromatic heterocycles. The lowest BCUT2D eigenvalue weighted by atomic mass is 10.2. The van der Waals surface area contributed by atoms with Gasteiger partial charge in [-0.05, 0) is 18.6 Å². The minimum Gasteiger partial charge on any atom is -0.207 e. The van der Waals surface area contributed by atoms with Gasteiger partial charge in [0.15, 0.2) is 0 Å². The molecule has 1 aromatic carbocycles. The minimum absolute atomic E-state index is 0.0894. The summed E-state index contributed by atoms with van der Waals surface area (Å²) < 4.78 is 25.9. The zero-order chi connectivity index (χ0) is 13.6. The molecule has 0 fully saturated rings. The number of sulfonamides is 1. The maximum atomic E-state index is 12.3. The molecule has 0 N–H and O–H groups in total. The van der Waals surface area contributed by atoms with Crippen molar-refractivity contribution >= 4 is 10.0 Å². The highest BCUT2D eigenvalue weighted by Crippen LogP contribution is 2.18. The molecule has 0 saturated heterocycles. The first kappa shape index (κ1) is 14.7. The van der Waals surface area contributed by atoms with E-state index in [2.05, 4.69) is 6.92 Å². The molecular formula is C13H18N2O2S. The second kappa shape index (κ2) is 6.53. The van der Waals surface area contributed by atoms with Crippen LogP contribution in [0.1, 0.15) is 31.7 Å². The number of rotatable bonds is 6. The number of hydrogen-bond acceptors (Lipinski definition) is 3. The predicted octanol–water partition coefficient (Wildman–Crippen LogP) is 2.37. The van der Waals surface area contributed by atoms with E-state index < -0.39 is 10.0 Å². The van der Waals surface area contributed by atoms with Crippen LogP contribution in [0.15, 0.2) is 29.2 Å². The smallest absolute Gasteiger partial charge is 0.207 e. The van der Waals surface area contributed by atoms with Gasteiger partial charge in [0.25, 0.3) is 0 Å². The Morgan fingerprint density at radius 1 is 1.28 bits per heavy atom. The molecule has 4 nitrogen and oxygen atoms in total. The summed E-state index contributed by atoms with van der Waals surface area (Å²) in [5.41, 5.74) is 0.194. The normalized spacial score (nSPS) is 11.4. The van der Waals surface area contributed by atoms with E-state index in [1.807, 2.05) is 6.07 Å². The summed E-state index contributed by atoms with van der Waals surface area (Å²) in [7, 11) is -2.00. The molecule has 0 aliphatic heterocycles. The van der Waals surface area contributed by atoms with Crippen molar-refractivity contribution in [1.82, 2.24) is 4.31 Å². The van der Waals surface area contributed by atoms with Gasteiger partial charge in [-0.2, -0.15) is 5.26 Å². The average Bonchev–Trinajstić information content (AvgIpc) is 2.38. The maximum Gasteiger partial charge on any atom is 0.244 e. The summed E-state index contributed by atoms with van der Waals surface area (Å²) in [6.45, 7) is 2.55. The van der Waals surface area contributed by atoms with Gasteiger partial charge < -0.3 is 0 Å². The first-order chi connectivity index (χ1) is 8.54. The van der Waals surface area contributed by atoms with Crippen molar-refractivity contribution in [2.45, 2.75) is 31.1 Å². The molecule has 0 unspecified atom stereocenters. The molecule has 18 heavy (non-hydrogen) atoms. The standard InChI is InChI=1S/C13H18N2O2S/c1-3-4-7-10-15(2)18(16,17)13-9-6-5-8-12(13)11-14/h5-6,8-9H,3-4,7,10H2,1-2H3. The summed E-state index contributed by atoms with van der Waals surface area (Å²) in [6, 6.07) is 8.21. The fraction of sp³-hybridized carbons (Fsp3) is 0.462. The summed E-state index contributed by atoms with van der Waals surface area (Å²) in [5.74, 6) is 0. The zero-order valence-corrected chi connectivity index (χ0v) is 11.6. The topological polar surface area (TPSA) is 61.2 Å². The Morgan fingerprint density at radius 2 is 1.94 bits per heavy atom. The third kappa shape index (κ3) is 3.31. The molecule has 0 amide bonds. The fourth-order valence-electron chi connectivity index (χ4n) is 1.66. The largest absolute Gasteiger partial charge is 0.244 e. The molecule has 0 atom stereocenters. The third-order valence-corrected chi connectivity index (χ3v) is 4.69. The predicted molar refractivity (Wildman–Crippen MR) is 70.5 cm³/mol. The summed E-state index contributed by atoms with van der Waals surface area (Å²) in [6.07, 6.45) is 2.88. The average molecular weight is 266 g/mol. The second-order valence-corrected chi connectivity index (χ2v) is 6.15. The summed E-state index contributed by atoms with van der Waals surface area (Å²) >= 11 is 0. The van der Waals surface area contributed by atoms with Crippen molar-refractivity contribution in [3.63, 3.8) is 0 Å². The highest BCUT2D eigenvalue weighted by molar-refractivity contribution is 7.89. The molecule has 1 rings (SSSR count). The fourth-order valence-corrected chi connectivity index (χ4v) is 3.00. The highest BCUT2D eigenvalue weighted by Gasteiger charge is 2.23. The van der Waals surface area contributed by atoms with Gasteiger partial charge in [0, 0.05) is 13.6 Å². The number of nitrogens with zero attached hydrogens (tertiary/aromatic N) is 2. The van der Waals surface area contributed by atoms with Crippen molar-refractivity contribution in [3.05, 3.63) is 29.8 Å². The highest BCUT2D eigenvalue weighted by atomic mass is 32.2. The van der Waals surface area contributed by atoms with Crippen LogP contribution in [0, 0.1) is 11.3 Å². The van der Waals surface area contributed by atoms with E-state index in [-0.39, 0.29) is 10.5 Å². The van der Waals surface area contributed by atoms with Crippen molar-refractivity contribution < 1.29 is 8.42 Å². The van der Waals surface area contributed by atoms with Crippen LogP contribution in [0.4, 0.5) is 0 Å². The molecule has 0 saturated carbocycles. The SMILES string of the molecule is CCCCCN(C)S(=O)(=O)c1ccccc1C#N. The van der Waals surface area contributed by atoms with Gasteiger partial charge in [0.1, 0.15) is 6.07 Å². The van der Waals surface area contributed by atoms with E-state index in [1.165, 1.54) is 16.4 Å². The Kier molecular flexibility index (Phi) is 5.32. The van der Waals surface area contributed by atoms with Crippen molar-refractivity contribution in [2.75, 3.05) is 13.6 Å². The number of benzene rings is 1. The van der Waals surface area contributed by atoms with Gasteiger partial charge in [-0.1, -0.05) is 31.9 Å². The number of hydrogen-bond donors (Lipinski definition) is 0. The lowest BCUT2D eigenvalue weighted by Crippen LogP contribution is -2.28. The van der Waals surface area contributed by atoms with Crippen molar-refractivity contribution in [1.29, 1.82) is 5.26 Å². The molecule has 0 radical (unpaired) electrons. The zero-order valence-electron chi connectivity index (χ0n) is 10.8. The lowest BCUT2D eigenvalue weighted by molar-refractivity contribution is 0.454. The van der Waals surface area contributed by atoms with E-state index in [9.17, 15) is 8.42 Å². The van der Waals surface area contributed by atoms with Crippen LogP contribution < -0.4 is 0 Å². The van der Waals surface area contributed by atoms with Gasteiger partial charge in [-0.3, -0.25) is 0 Å². The molecule has 0 heterocycles. The first-order valence-corrected chi connectivity index (χ1v) is 7.43. The Labute approximate surface area is 109 Å². The van der Waals surface area contributed by atoms with Crippen molar-refractivity contribution in [3.8, 4) is 6.07 Å². The summed E-state index contributed by atoms with van der Waals surface area (Å²) in [5, 5.41) is 8.94. The molecule has 5 heteroatoms. The van der Waals surface area contributed by atoms with Gasteiger partial charge in [-0.25, -0.2) is 12.7 Å². The van der Waals surface area contributed by atoms with Crippen LogP contribution in [-0.2, 0) is 10.0 Å². The molecule has 0 aliphatic rings. The van der Waals surface area contributed by atoms with Crippen LogP contribution in [0.3, 0.4) is 0 Å². The maximum absolute atomic E-state index is 12.3. The van der Waals surface area contributed by atoms with Crippen LogP contribution >= 0.6 is 0 Å². The van der Waals surface area contributed by atoms with Crippen LogP contribution in [-0.4, -0.2) is 26.3 Å². The van der Waals surface area contributed by atoms with Gasteiger partial charge in [-0.15, -0.1) is 0 Å². The first-order valence-electron chi connectivity index (χ1n) is 5.99. The Bertz CT molecular complexity index is 532. The molecule has 98 valence electrons. The number of unbranched alkanes of at least 4 members (excludes halogenated alkanes) is 2. The lowest BCUT2D eigenvalue weighted by Gasteiger charge is -2.17. The molecule has 0 aliphatic carbocycles. The molecule has 0 bridgehead atoms. The van der Waals surface area contributed by atoms with E-state index in [0.717, 1.165) is 19.3 Å².